The van der Waals surface area contributed by atoms with E-state index < -0.39 is 0 Å². The van der Waals surface area contributed by atoms with E-state index >= 15 is 0 Å². The molecule has 2 aromatic rings. The zero-order valence-electron chi connectivity index (χ0n) is 10.7. The predicted octanol–water partition coefficient (Wildman–Crippen LogP) is 1.82. The standard InChI is InChI=1S/C13H15N3O2/c1-9-4-11(7-17)5-10(2)13(9)18-8-12-6-16(3)15-14-12/h4-7H,8H2,1-3H3. The number of hydrogen-bond donors (Lipinski definition) is 0. The Morgan fingerprint density at radius 3 is 2.50 bits per heavy atom. The number of hydrogen-bond acceptors (Lipinski definition) is 4. The summed E-state index contributed by atoms with van der Waals surface area (Å²) in [6, 6.07) is 3.62. The summed E-state index contributed by atoms with van der Waals surface area (Å²) < 4.78 is 7.37. The molecule has 0 aliphatic heterocycles. The second-order valence-electron chi connectivity index (χ2n) is 4.27. The number of benzene rings is 1. The van der Waals surface area contributed by atoms with Gasteiger partial charge in [-0.15, -0.1) is 5.10 Å². The first-order valence-corrected chi connectivity index (χ1v) is 5.64. The summed E-state index contributed by atoms with van der Waals surface area (Å²) in [5.41, 5.74) is 3.33. The van der Waals surface area contributed by atoms with Crippen LogP contribution in [0.2, 0.25) is 0 Å². The van der Waals surface area contributed by atoms with Crippen LogP contribution in [0.15, 0.2) is 18.3 Å². The van der Waals surface area contributed by atoms with Crippen molar-refractivity contribution in [3.8, 4) is 5.75 Å². The van der Waals surface area contributed by atoms with Crippen LogP contribution >= 0.6 is 0 Å². The molecule has 0 saturated carbocycles. The average molecular weight is 245 g/mol. The molecule has 0 aliphatic carbocycles. The molecular formula is C13H15N3O2. The maximum atomic E-state index is 10.7. The lowest BCUT2D eigenvalue weighted by molar-refractivity contribution is 0.112. The van der Waals surface area contributed by atoms with E-state index in [1.54, 1.807) is 4.68 Å². The van der Waals surface area contributed by atoms with E-state index in [9.17, 15) is 4.79 Å². The minimum atomic E-state index is 0.371. The van der Waals surface area contributed by atoms with E-state index in [1.165, 1.54) is 0 Å². The largest absolute Gasteiger partial charge is 0.487 e. The normalized spacial score (nSPS) is 10.4. The SMILES string of the molecule is Cc1cc(C=O)cc(C)c1OCc1cn(C)nn1. The van der Waals surface area contributed by atoms with Gasteiger partial charge in [-0.25, -0.2) is 0 Å². The second-order valence-corrected chi connectivity index (χ2v) is 4.27. The van der Waals surface area contributed by atoms with Crippen LogP contribution in [0, 0.1) is 13.8 Å². The number of carbonyl (C=O) groups is 1. The number of aryl methyl sites for hydroxylation is 3. The summed E-state index contributed by atoms with van der Waals surface area (Å²) in [6.07, 6.45) is 2.65. The molecule has 0 unspecified atom stereocenters. The van der Waals surface area contributed by atoms with Gasteiger partial charge in [0.2, 0.25) is 0 Å². The summed E-state index contributed by atoms with van der Waals surface area (Å²) in [4.78, 5) is 10.7. The molecule has 0 aliphatic rings. The molecule has 1 aromatic carbocycles. The molecule has 0 N–H and O–H groups in total. The lowest BCUT2D eigenvalue weighted by Gasteiger charge is -2.11. The smallest absolute Gasteiger partial charge is 0.150 e. The molecule has 0 bridgehead atoms. The molecule has 5 heteroatoms. The van der Waals surface area contributed by atoms with E-state index in [0.717, 1.165) is 28.9 Å². The maximum Gasteiger partial charge on any atom is 0.150 e. The van der Waals surface area contributed by atoms with Gasteiger partial charge in [0.15, 0.2) is 0 Å². The Labute approximate surface area is 105 Å². The topological polar surface area (TPSA) is 57.0 Å². The van der Waals surface area contributed by atoms with Gasteiger partial charge >= 0.3 is 0 Å². The second kappa shape index (κ2) is 5.00. The minimum Gasteiger partial charge on any atom is -0.487 e. The Kier molecular flexibility index (Phi) is 3.41. The first-order chi connectivity index (χ1) is 8.60. The van der Waals surface area contributed by atoms with Crippen LogP contribution in [-0.2, 0) is 13.7 Å². The van der Waals surface area contributed by atoms with Crippen molar-refractivity contribution in [2.24, 2.45) is 7.05 Å². The number of ether oxygens (including phenoxy) is 1. The van der Waals surface area contributed by atoms with Gasteiger partial charge < -0.3 is 4.74 Å². The van der Waals surface area contributed by atoms with Gasteiger partial charge in [0, 0.05) is 12.6 Å². The van der Waals surface area contributed by atoms with Gasteiger partial charge in [-0.1, -0.05) is 5.21 Å². The van der Waals surface area contributed by atoms with Gasteiger partial charge in [0.1, 0.15) is 24.3 Å². The molecule has 0 atom stereocenters. The first kappa shape index (κ1) is 12.3. The summed E-state index contributed by atoms with van der Waals surface area (Å²) in [6.45, 7) is 4.22. The molecule has 1 heterocycles. The Hall–Kier alpha value is -2.17. The zero-order valence-corrected chi connectivity index (χ0v) is 10.7. The van der Waals surface area contributed by atoms with Gasteiger partial charge in [-0.2, -0.15) is 0 Å². The lowest BCUT2D eigenvalue weighted by atomic mass is 10.1. The summed E-state index contributed by atoms with van der Waals surface area (Å²) in [7, 11) is 1.81. The Morgan fingerprint density at radius 2 is 2.00 bits per heavy atom. The monoisotopic (exact) mass is 245 g/mol. The van der Waals surface area contributed by atoms with Gasteiger partial charge in [-0.3, -0.25) is 9.48 Å². The molecule has 5 nitrogen and oxygen atoms in total. The molecular weight excluding hydrogens is 230 g/mol. The van der Waals surface area contributed by atoms with E-state index in [-0.39, 0.29) is 0 Å². The molecule has 0 amide bonds. The molecule has 0 spiro atoms. The summed E-state index contributed by atoms with van der Waals surface area (Å²) in [5.74, 6) is 0.797. The zero-order chi connectivity index (χ0) is 13.1. The fourth-order valence-electron chi connectivity index (χ4n) is 1.89. The highest BCUT2D eigenvalue weighted by Crippen LogP contribution is 2.24. The Bertz CT molecular complexity index is 552. The van der Waals surface area contributed by atoms with Crippen LogP contribution < -0.4 is 4.74 Å². The van der Waals surface area contributed by atoms with Crippen molar-refractivity contribution in [3.63, 3.8) is 0 Å². The molecule has 94 valence electrons. The summed E-state index contributed by atoms with van der Waals surface area (Å²) >= 11 is 0. The van der Waals surface area contributed by atoms with E-state index in [2.05, 4.69) is 10.3 Å². The van der Waals surface area contributed by atoms with Crippen LogP contribution in [-0.4, -0.2) is 21.3 Å². The molecule has 0 saturated heterocycles. The molecule has 0 radical (unpaired) electrons. The Morgan fingerprint density at radius 1 is 1.33 bits per heavy atom. The molecule has 2 rings (SSSR count). The van der Waals surface area contributed by atoms with Crippen molar-refractivity contribution in [2.75, 3.05) is 0 Å². The number of aromatic nitrogens is 3. The van der Waals surface area contributed by atoms with Crippen molar-refractivity contribution in [3.05, 3.63) is 40.7 Å². The number of nitrogens with zero attached hydrogens (tertiary/aromatic N) is 3. The predicted molar refractivity (Wildman–Crippen MR) is 66.6 cm³/mol. The van der Waals surface area contributed by atoms with Crippen LogP contribution in [0.5, 0.6) is 5.75 Å². The van der Waals surface area contributed by atoms with Crippen LogP contribution in [0.3, 0.4) is 0 Å². The highest BCUT2D eigenvalue weighted by Gasteiger charge is 2.07. The molecule has 1 aromatic heterocycles. The van der Waals surface area contributed by atoms with Gasteiger partial charge in [-0.05, 0) is 37.1 Å². The van der Waals surface area contributed by atoms with Crippen LogP contribution in [0.25, 0.3) is 0 Å². The Balaban J connectivity index is 2.16. The quantitative estimate of drug-likeness (QED) is 0.771. The average Bonchev–Trinajstić information content (AvgIpc) is 2.73. The third kappa shape index (κ3) is 2.56. The van der Waals surface area contributed by atoms with Crippen molar-refractivity contribution in [1.82, 2.24) is 15.0 Å². The first-order valence-electron chi connectivity index (χ1n) is 5.64. The maximum absolute atomic E-state index is 10.7. The van der Waals surface area contributed by atoms with Crippen molar-refractivity contribution < 1.29 is 9.53 Å². The van der Waals surface area contributed by atoms with Crippen LogP contribution in [0.1, 0.15) is 27.2 Å². The highest BCUT2D eigenvalue weighted by molar-refractivity contribution is 5.76. The summed E-state index contributed by atoms with van der Waals surface area (Å²) in [5, 5.41) is 7.80. The minimum absolute atomic E-state index is 0.371. The van der Waals surface area contributed by atoms with Crippen molar-refractivity contribution in [1.29, 1.82) is 0 Å². The van der Waals surface area contributed by atoms with E-state index in [4.69, 9.17) is 4.74 Å². The molecule has 18 heavy (non-hydrogen) atoms. The lowest BCUT2D eigenvalue weighted by Crippen LogP contribution is -2.00. The van der Waals surface area contributed by atoms with Gasteiger partial charge in [0.05, 0.1) is 6.20 Å². The highest BCUT2D eigenvalue weighted by atomic mass is 16.5. The fraction of sp³-hybridized carbons (Fsp3) is 0.308. The number of carbonyl (C=O) groups excluding carboxylic acids is 1. The third-order valence-electron chi connectivity index (χ3n) is 2.63. The van der Waals surface area contributed by atoms with E-state index in [1.807, 2.05) is 39.2 Å². The van der Waals surface area contributed by atoms with Crippen molar-refractivity contribution in [2.45, 2.75) is 20.5 Å². The van der Waals surface area contributed by atoms with Crippen LogP contribution in [0.4, 0.5) is 0 Å². The fourth-order valence-corrected chi connectivity index (χ4v) is 1.89. The van der Waals surface area contributed by atoms with Crippen molar-refractivity contribution >= 4 is 6.29 Å². The molecule has 0 fully saturated rings. The number of aldehydes is 1. The van der Waals surface area contributed by atoms with E-state index in [0.29, 0.717) is 12.2 Å². The third-order valence-corrected chi connectivity index (χ3v) is 2.63. The van der Waals surface area contributed by atoms with Gasteiger partial charge in [0.25, 0.3) is 0 Å². The number of rotatable bonds is 4.